The van der Waals surface area contributed by atoms with Crippen LogP contribution in [-0.4, -0.2) is 24.5 Å². The third-order valence-electron chi connectivity index (χ3n) is 4.65. The van der Waals surface area contributed by atoms with E-state index < -0.39 is 0 Å². The zero-order chi connectivity index (χ0) is 8.98. The zero-order valence-corrected chi connectivity index (χ0v) is 8.85. The van der Waals surface area contributed by atoms with Gasteiger partial charge < -0.3 is 4.90 Å². The molecule has 70 valence electrons. The summed E-state index contributed by atoms with van der Waals surface area (Å²) in [6, 6.07) is 0.810. The van der Waals surface area contributed by atoms with Crippen molar-refractivity contribution < 1.29 is 0 Å². The van der Waals surface area contributed by atoms with Gasteiger partial charge in [-0.25, -0.2) is 0 Å². The van der Waals surface area contributed by atoms with Gasteiger partial charge in [0.25, 0.3) is 0 Å². The van der Waals surface area contributed by atoms with Crippen LogP contribution >= 0.6 is 0 Å². The summed E-state index contributed by atoms with van der Waals surface area (Å²) in [4.78, 5) is 2.53. The fourth-order valence-corrected chi connectivity index (χ4v) is 3.07. The van der Waals surface area contributed by atoms with E-state index in [0.29, 0.717) is 10.8 Å². The molecule has 0 radical (unpaired) electrons. The molecule has 2 atom stereocenters. The molecular weight excluding hydrogens is 146 g/mol. The summed E-state index contributed by atoms with van der Waals surface area (Å²) in [5.41, 5.74) is 1.30. The van der Waals surface area contributed by atoms with Gasteiger partial charge >= 0.3 is 0 Å². The van der Waals surface area contributed by atoms with Crippen LogP contribution < -0.4 is 0 Å². The Morgan fingerprint density at radius 2 is 1.92 bits per heavy atom. The standard InChI is InChI=1S/C11H21N/c1-9-7-11(8-12(9)4)6-5-10(11,2)3/h9H,5-8H2,1-4H3. The van der Waals surface area contributed by atoms with Crippen LogP contribution in [0.2, 0.25) is 0 Å². The van der Waals surface area contributed by atoms with Crippen LogP contribution in [0.4, 0.5) is 0 Å². The van der Waals surface area contributed by atoms with E-state index in [1.807, 2.05) is 0 Å². The molecule has 2 unspecified atom stereocenters. The van der Waals surface area contributed by atoms with E-state index in [4.69, 9.17) is 0 Å². The van der Waals surface area contributed by atoms with Crippen LogP contribution in [0.5, 0.6) is 0 Å². The SMILES string of the molecule is CC1CC2(CCC2(C)C)CN1C. The minimum atomic E-state index is 0.617. The van der Waals surface area contributed by atoms with Crippen molar-refractivity contribution in [3.8, 4) is 0 Å². The van der Waals surface area contributed by atoms with Crippen molar-refractivity contribution in [3.63, 3.8) is 0 Å². The Morgan fingerprint density at radius 3 is 2.08 bits per heavy atom. The van der Waals surface area contributed by atoms with Gasteiger partial charge in [-0.15, -0.1) is 0 Å². The van der Waals surface area contributed by atoms with Crippen molar-refractivity contribution >= 4 is 0 Å². The Hall–Kier alpha value is -0.0400. The predicted molar refractivity (Wildman–Crippen MR) is 52.2 cm³/mol. The second-order valence-electron chi connectivity index (χ2n) is 5.63. The topological polar surface area (TPSA) is 3.24 Å². The average molecular weight is 167 g/mol. The smallest absolute Gasteiger partial charge is 0.00700 e. The van der Waals surface area contributed by atoms with Gasteiger partial charge in [0.1, 0.15) is 0 Å². The highest BCUT2D eigenvalue weighted by atomic mass is 15.2. The van der Waals surface area contributed by atoms with Crippen LogP contribution in [0.3, 0.4) is 0 Å². The molecule has 0 bridgehead atoms. The van der Waals surface area contributed by atoms with E-state index in [9.17, 15) is 0 Å². The number of hydrogen-bond acceptors (Lipinski definition) is 1. The average Bonchev–Trinajstić information content (AvgIpc) is 2.29. The van der Waals surface area contributed by atoms with Gasteiger partial charge in [0.05, 0.1) is 0 Å². The van der Waals surface area contributed by atoms with Gasteiger partial charge in [-0.05, 0) is 44.1 Å². The summed E-state index contributed by atoms with van der Waals surface area (Å²) in [6.45, 7) is 8.59. The van der Waals surface area contributed by atoms with Crippen molar-refractivity contribution in [3.05, 3.63) is 0 Å². The maximum atomic E-state index is 2.53. The van der Waals surface area contributed by atoms with Crippen molar-refractivity contribution in [2.75, 3.05) is 13.6 Å². The summed E-state index contributed by atoms with van der Waals surface area (Å²) in [5.74, 6) is 0. The lowest BCUT2D eigenvalue weighted by molar-refractivity contribution is -0.0402. The predicted octanol–water partition coefficient (Wildman–Crippen LogP) is 2.52. The molecule has 1 aliphatic heterocycles. The quantitative estimate of drug-likeness (QED) is 0.536. The number of likely N-dealkylation sites (tertiary alicyclic amines) is 1. The van der Waals surface area contributed by atoms with Crippen molar-refractivity contribution in [1.29, 1.82) is 0 Å². The largest absolute Gasteiger partial charge is 0.303 e. The van der Waals surface area contributed by atoms with Gasteiger partial charge in [0, 0.05) is 12.6 Å². The molecule has 0 aromatic rings. The Labute approximate surface area is 76.1 Å². The minimum absolute atomic E-state index is 0.617. The Kier molecular flexibility index (Phi) is 1.61. The second-order valence-corrected chi connectivity index (χ2v) is 5.63. The van der Waals surface area contributed by atoms with Gasteiger partial charge in [-0.2, -0.15) is 0 Å². The summed E-state index contributed by atoms with van der Waals surface area (Å²) >= 11 is 0. The molecule has 0 aromatic heterocycles. The molecule has 12 heavy (non-hydrogen) atoms. The molecule has 1 saturated heterocycles. The first kappa shape index (κ1) is 8.55. The van der Waals surface area contributed by atoms with E-state index in [2.05, 4.69) is 32.7 Å². The molecule has 1 saturated carbocycles. The monoisotopic (exact) mass is 167 g/mol. The highest BCUT2D eigenvalue weighted by Gasteiger charge is 2.56. The van der Waals surface area contributed by atoms with Crippen LogP contribution in [0.15, 0.2) is 0 Å². The lowest BCUT2D eigenvalue weighted by Gasteiger charge is -2.54. The van der Waals surface area contributed by atoms with Crippen molar-refractivity contribution in [1.82, 2.24) is 4.90 Å². The van der Waals surface area contributed by atoms with Gasteiger partial charge in [0.2, 0.25) is 0 Å². The third-order valence-corrected chi connectivity index (χ3v) is 4.65. The molecule has 1 heteroatoms. The third kappa shape index (κ3) is 0.891. The molecular formula is C11H21N. The molecule has 1 heterocycles. The summed E-state index contributed by atoms with van der Waals surface area (Å²) in [6.07, 6.45) is 4.33. The normalized spacial score (nSPS) is 46.5. The van der Waals surface area contributed by atoms with E-state index in [0.717, 1.165) is 6.04 Å². The maximum absolute atomic E-state index is 2.53. The van der Waals surface area contributed by atoms with Crippen LogP contribution in [0.1, 0.15) is 40.0 Å². The fraction of sp³-hybridized carbons (Fsp3) is 1.00. The summed E-state index contributed by atoms with van der Waals surface area (Å²) in [7, 11) is 2.27. The molecule has 1 aliphatic carbocycles. The Morgan fingerprint density at radius 1 is 1.25 bits per heavy atom. The fourth-order valence-electron chi connectivity index (χ4n) is 3.07. The van der Waals surface area contributed by atoms with Gasteiger partial charge in [-0.3, -0.25) is 0 Å². The zero-order valence-electron chi connectivity index (χ0n) is 8.85. The molecule has 1 nitrogen and oxygen atoms in total. The molecule has 2 rings (SSSR count). The summed E-state index contributed by atoms with van der Waals surface area (Å²) < 4.78 is 0. The number of hydrogen-bond donors (Lipinski definition) is 0. The second kappa shape index (κ2) is 2.25. The van der Waals surface area contributed by atoms with Crippen LogP contribution in [-0.2, 0) is 0 Å². The molecule has 1 spiro atoms. The van der Waals surface area contributed by atoms with Crippen LogP contribution in [0, 0.1) is 10.8 Å². The lowest BCUT2D eigenvalue weighted by atomic mass is 9.50. The van der Waals surface area contributed by atoms with E-state index in [-0.39, 0.29) is 0 Å². The lowest BCUT2D eigenvalue weighted by Crippen LogP contribution is -2.48. The molecule has 2 fully saturated rings. The minimum Gasteiger partial charge on any atom is -0.303 e. The van der Waals surface area contributed by atoms with E-state index in [1.165, 1.54) is 25.8 Å². The van der Waals surface area contributed by atoms with E-state index >= 15 is 0 Å². The first-order valence-corrected chi connectivity index (χ1v) is 5.17. The highest BCUT2D eigenvalue weighted by Crippen LogP contribution is 2.61. The number of rotatable bonds is 0. The Bertz CT molecular complexity index is 185. The van der Waals surface area contributed by atoms with Crippen LogP contribution in [0.25, 0.3) is 0 Å². The first-order valence-electron chi connectivity index (χ1n) is 5.17. The summed E-state index contributed by atoms with van der Waals surface area (Å²) in [5, 5.41) is 0. The van der Waals surface area contributed by atoms with Gasteiger partial charge in [0.15, 0.2) is 0 Å². The van der Waals surface area contributed by atoms with E-state index in [1.54, 1.807) is 0 Å². The highest BCUT2D eigenvalue weighted by molar-refractivity contribution is 5.08. The van der Waals surface area contributed by atoms with Gasteiger partial charge in [-0.1, -0.05) is 13.8 Å². The molecule has 2 aliphatic rings. The van der Waals surface area contributed by atoms with Crippen molar-refractivity contribution in [2.24, 2.45) is 10.8 Å². The molecule has 0 aromatic carbocycles. The first-order chi connectivity index (χ1) is 5.47. The number of nitrogens with zero attached hydrogens (tertiary/aromatic N) is 1. The molecule has 0 N–H and O–H groups in total. The Balaban J connectivity index is 2.16. The maximum Gasteiger partial charge on any atom is 0.00700 e. The molecule has 0 amide bonds. The van der Waals surface area contributed by atoms with Crippen molar-refractivity contribution in [2.45, 2.75) is 46.1 Å².